The van der Waals surface area contributed by atoms with Gasteiger partial charge in [0.1, 0.15) is 4.21 Å². The Labute approximate surface area is 162 Å². The number of nitrogens with one attached hydrogen (secondary N) is 3. The summed E-state index contributed by atoms with van der Waals surface area (Å²) in [6.07, 6.45) is 0.794. The lowest BCUT2D eigenvalue weighted by molar-refractivity contribution is 0.174. The van der Waals surface area contributed by atoms with E-state index in [0.717, 1.165) is 23.5 Å². The van der Waals surface area contributed by atoms with Gasteiger partial charge < -0.3 is 20.1 Å². The molecular formula is C17H22N4O4S2. The minimum absolute atomic E-state index is 0.267. The number of nitrogens with zero attached hydrogens (tertiary/aromatic N) is 1. The molecule has 1 aliphatic rings. The highest BCUT2D eigenvalue weighted by Gasteiger charge is 2.14. The Kier molecular flexibility index (Phi) is 6.54. The fraction of sp³-hybridized carbons (Fsp3) is 0.353. The van der Waals surface area contributed by atoms with Gasteiger partial charge in [0, 0.05) is 26.7 Å². The highest BCUT2D eigenvalue weighted by atomic mass is 32.2. The molecule has 0 bridgehead atoms. The summed E-state index contributed by atoms with van der Waals surface area (Å²) < 4.78 is 37.6. The largest absolute Gasteiger partial charge is 0.454 e. The van der Waals surface area contributed by atoms with E-state index in [1.54, 1.807) is 24.6 Å². The standard InChI is InChI=1S/C17H22N4O4S2/c1-18-17(20-8-9-21-27(22,23)16-3-2-10-26-16)19-7-6-13-4-5-14-15(11-13)25-12-24-14/h2-5,10-11,21H,6-9,12H2,1H3,(H2,18,19,20). The number of fused-ring (bicyclic) bond motifs is 1. The molecule has 8 nitrogen and oxygen atoms in total. The Morgan fingerprint density at radius 3 is 2.74 bits per heavy atom. The average molecular weight is 411 g/mol. The van der Waals surface area contributed by atoms with E-state index in [9.17, 15) is 8.42 Å². The number of hydrogen-bond acceptors (Lipinski definition) is 6. The summed E-state index contributed by atoms with van der Waals surface area (Å²) in [5.74, 6) is 2.16. The van der Waals surface area contributed by atoms with E-state index in [1.165, 1.54) is 11.3 Å². The molecule has 0 unspecified atom stereocenters. The fourth-order valence-corrected chi connectivity index (χ4v) is 4.57. The lowest BCUT2D eigenvalue weighted by Crippen LogP contribution is -2.42. The maximum atomic E-state index is 12.0. The summed E-state index contributed by atoms with van der Waals surface area (Å²) in [7, 11) is -1.76. The van der Waals surface area contributed by atoms with Crippen LogP contribution in [0.5, 0.6) is 11.5 Å². The minimum Gasteiger partial charge on any atom is -0.454 e. The first-order chi connectivity index (χ1) is 13.1. The van der Waals surface area contributed by atoms with Gasteiger partial charge in [-0.1, -0.05) is 12.1 Å². The number of aliphatic imine (C=N–C) groups is 1. The molecule has 0 radical (unpaired) electrons. The number of benzene rings is 1. The number of guanidine groups is 1. The molecule has 1 aliphatic heterocycles. The number of ether oxygens (including phenoxy) is 2. The van der Waals surface area contributed by atoms with Crippen molar-refractivity contribution in [3.05, 3.63) is 41.3 Å². The summed E-state index contributed by atoms with van der Waals surface area (Å²) in [5.41, 5.74) is 1.13. The fourth-order valence-electron chi connectivity index (χ4n) is 2.50. The third-order valence-electron chi connectivity index (χ3n) is 3.84. The molecule has 0 spiro atoms. The maximum absolute atomic E-state index is 12.0. The highest BCUT2D eigenvalue weighted by Crippen LogP contribution is 2.32. The lowest BCUT2D eigenvalue weighted by atomic mass is 10.1. The summed E-state index contributed by atoms with van der Waals surface area (Å²) in [4.78, 5) is 4.14. The van der Waals surface area contributed by atoms with Gasteiger partial charge in [0.05, 0.1) is 0 Å². The first kappa shape index (κ1) is 19.5. The van der Waals surface area contributed by atoms with Crippen LogP contribution in [0.15, 0.2) is 44.9 Å². The van der Waals surface area contributed by atoms with Crippen LogP contribution in [-0.4, -0.2) is 47.9 Å². The molecule has 2 aromatic rings. The van der Waals surface area contributed by atoms with Crippen molar-refractivity contribution < 1.29 is 17.9 Å². The zero-order valence-corrected chi connectivity index (χ0v) is 16.5. The smallest absolute Gasteiger partial charge is 0.250 e. The molecule has 3 rings (SSSR count). The van der Waals surface area contributed by atoms with Crippen LogP contribution in [0.25, 0.3) is 0 Å². The normalized spacial score (nSPS) is 13.6. The van der Waals surface area contributed by atoms with Crippen molar-refractivity contribution in [3.8, 4) is 11.5 Å². The van der Waals surface area contributed by atoms with Crippen molar-refractivity contribution in [2.75, 3.05) is 33.5 Å². The molecule has 1 aromatic carbocycles. The third kappa shape index (κ3) is 5.34. The van der Waals surface area contributed by atoms with Gasteiger partial charge in [-0.15, -0.1) is 11.3 Å². The minimum atomic E-state index is -3.43. The monoisotopic (exact) mass is 410 g/mol. The predicted octanol–water partition coefficient (Wildman–Crippen LogP) is 1.16. The summed E-state index contributed by atoms with van der Waals surface area (Å²) >= 11 is 1.19. The molecule has 0 aliphatic carbocycles. The van der Waals surface area contributed by atoms with Crippen LogP contribution >= 0.6 is 11.3 Å². The molecule has 3 N–H and O–H groups in total. The first-order valence-electron chi connectivity index (χ1n) is 8.45. The van der Waals surface area contributed by atoms with E-state index >= 15 is 0 Å². The quantitative estimate of drug-likeness (QED) is 0.343. The molecule has 146 valence electrons. The summed E-state index contributed by atoms with van der Waals surface area (Å²) in [6, 6.07) is 9.18. The lowest BCUT2D eigenvalue weighted by Gasteiger charge is -2.12. The van der Waals surface area contributed by atoms with Gasteiger partial charge in [0.15, 0.2) is 17.5 Å². The molecule has 27 heavy (non-hydrogen) atoms. The van der Waals surface area contributed by atoms with Gasteiger partial charge in [0.25, 0.3) is 0 Å². The van der Waals surface area contributed by atoms with Crippen LogP contribution < -0.4 is 24.8 Å². The van der Waals surface area contributed by atoms with Gasteiger partial charge in [-0.2, -0.15) is 0 Å². The van der Waals surface area contributed by atoms with Crippen LogP contribution in [-0.2, 0) is 16.4 Å². The first-order valence-corrected chi connectivity index (χ1v) is 10.8. The molecule has 0 saturated carbocycles. The van der Waals surface area contributed by atoms with Gasteiger partial charge in [-0.25, -0.2) is 13.1 Å². The number of thiophene rings is 1. The van der Waals surface area contributed by atoms with Gasteiger partial charge in [-0.05, 0) is 35.6 Å². The molecule has 0 amide bonds. The average Bonchev–Trinajstić information content (AvgIpc) is 3.35. The molecule has 1 aromatic heterocycles. The van der Waals surface area contributed by atoms with Crippen molar-refractivity contribution >= 4 is 27.3 Å². The molecule has 0 atom stereocenters. The zero-order valence-electron chi connectivity index (χ0n) is 14.9. The maximum Gasteiger partial charge on any atom is 0.250 e. The Bertz CT molecular complexity index is 882. The second-order valence-corrected chi connectivity index (χ2v) is 8.63. The molecular weight excluding hydrogens is 388 g/mol. The molecule has 0 saturated heterocycles. The molecule has 0 fully saturated rings. The second-order valence-electron chi connectivity index (χ2n) is 5.69. The van der Waals surface area contributed by atoms with Crippen LogP contribution in [0.4, 0.5) is 0 Å². The van der Waals surface area contributed by atoms with Crippen molar-refractivity contribution in [2.24, 2.45) is 4.99 Å². The highest BCUT2D eigenvalue weighted by molar-refractivity contribution is 7.91. The Balaban J connectivity index is 1.37. The SMILES string of the molecule is CN=C(NCCNS(=O)(=O)c1cccs1)NCCc1ccc2c(c1)OCO2. The van der Waals surface area contributed by atoms with Crippen LogP contribution in [0.3, 0.4) is 0 Å². The van der Waals surface area contributed by atoms with Crippen molar-refractivity contribution in [1.29, 1.82) is 0 Å². The number of hydrogen-bond donors (Lipinski definition) is 3. The Morgan fingerprint density at radius 2 is 1.96 bits per heavy atom. The molecule has 2 heterocycles. The van der Waals surface area contributed by atoms with Gasteiger partial charge >= 0.3 is 0 Å². The van der Waals surface area contributed by atoms with E-state index in [2.05, 4.69) is 20.3 Å². The number of sulfonamides is 1. The molecule has 10 heteroatoms. The van der Waals surface area contributed by atoms with Gasteiger partial charge in [0.2, 0.25) is 16.8 Å². The van der Waals surface area contributed by atoms with Crippen molar-refractivity contribution in [3.63, 3.8) is 0 Å². The van der Waals surface area contributed by atoms with E-state index < -0.39 is 10.0 Å². The second kappa shape index (κ2) is 9.07. The van der Waals surface area contributed by atoms with E-state index in [4.69, 9.17) is 9.47 Å². The predicted molar refractivity (Wildman–Crippen MR) is 105 cm³/mol. The van der Waals surface area contributed by atoms with E-state index in [1.807, 2.05) is 18.2 Å². The Morgan fingerprint density at radius 1 is 1.15 bits per heavy atom. The third-order valence-corrected chi connectivity index (χ3v) is 6.69. The number of rotatable bonds is 8. The van der Waals surface area contributed by atoms with E-state index in [0.29, 0.717) is 23.3 Å². The van der Waals surface area contributed by atoms with Crippen LogP contribution in [0, 0.1) is 0 Å². The van der Waals surface area contributed by atoms with E-state index in [-0.39, 0.29) is 13.3 Å². The summed E-state index contributed by atoms with van der Waals surface area (Å²) in [5, 5.41) is 8.02. The van der Waals surface area contributed by atoms with Crippen LogP contribution in [0.2, 0.25) is 0 Å². The van der Waals surface area contributed by atoms with Crippen molar-refractivity contribution in [1.82, 2.24) is 15.4 Å². The van der Waals surface area contributed by atoms with Gasteiger partial charge in [-0.3, -0.25) is 4.99 Å². The summed E-state index contributed by atoms with van der Waals surface area (Å²) in [6.45, 7) is 1.64. The topological polar surface area (TPSA) is 101 Å². The van der Waals surface area contributed by atoms with Crippen molar-refractivity contribution in [2.45, 2.75) is 10.6 Å². The zero-order chi connectivity index (χ0) is 19.1. The Hall–Kier alpha value is -2.30. The van der Waals surface area contributed by atoms with Crippen LogP contribution in [0.1, 0.15) is 5.56 Å².